The molecule has 5 rings (SSSR count). The molecule has 0 aliphatic carbocycles. The van der Waals surface area contributed by atoms with Crippen LogP contribution in [0.5, 0.6) is 0 Å². The van der Waals surface area contributed by atoms with Gasteiger partial charge in [-0.15, -0.1) is 0 Å². The van der Waals surface area contributed by atoms with Crippen molar-refractivity contribution in [1.82, 2.24) is 19.3 Å². The Kier molecular flexibility index (Phi) is 8.30. The minimum Gasteiger partial charge on any atom is -0.389 e. The summed E-state index contributed by atoms with van der Waals surface area (Å²) in [6.07, 6.45) is 10.5. The number of carbonyl (C=O) groups is 2. The third-order valence-corrected chi connectivity index (χ3v) is 6.99. The van der Waals surface area contributed by atoms with E-state index in [0.29, 0.717) is 44.6 Å². The van der Waals surface area contributed by atoms with Crippen LogP contribution in [0.1, 0.15) is 37.8 Å². The number of ketones is 1. The summed E-state index contributed by atoms with van der Waals surface area (Å²) in [4.78, 5) is 37.7. The second-order valence-electron chi connectivity index (χ2n) is 9.64. The Balaban J connectivity index is 1.27. The highest BCUT2D eigenvalue weighted by molar-refractivity contribution is 5.81. The molecule has 200 valence electrons. The Morgan fingerprint density at radius 3 is 2.63 bits per heavy atom. The molecule has 10 heteroatoms. The lowest BCUT2D eigenvalue weighted by molar-refractivity contribution is -0.131. The van der Waals surface area contributed by atoms with Crippen LogP contribution >= 0.6 is 0 Å². The zero-order valence-electron chi connectivity index (χ0n) is 21.5. The van der Waals surface area contributed by atoms with Gasteiger partial charge in [-0.2, -0.15) is 0 Å². The molecular weight excluding hydrogens is 484 g/mol. The standard InChI is InChI=1S/C28H34N6O4/c35-20-24(36)5-1-2-6-26(37)33-12-3-4-21(18-33)25-19-34-13-11-29-28(34)27(31-25)30-22-7-9-23(10-8-22)32-14-16-38-17-15-32/h4,7-11,13,19,35H,1-3,5-6,12,14-18,20H2,(H,30,31). The van der Waals surface area contributed by atoms with Gasteiger partial charge in [0, 0.05) is 69.0 Å². The van der Waals surface area contributed by atoms with Crippen molar-refractivity contribution in [3.63, 3.8) is 0 Å². The molecule has 2 aliphatic heterocycles. The first kappa shape index (κ1) is 25.9. The Hall–Kier alpha value is -3.76. The Morgan fingerprint density at radius 2 is 1.84 bits per heavy atom. The number of rotatable bonds is 10. The third-order valence-electron chi connectivity index (χ3n) is 6.99. The monoisotopic (exact) mass is 518 g/mol. The number of morpholine rings is 1. The van der Waals surface area contributed by atoms with Crippen molar-refractivity contribution in [2.45, 2.75) is 32.1 Å². The summed E-state index contributed by atoms with van der Waals surface area (Å²) in [7, 11) is 0. The number of carbonyl (C=O) groups excluding carboxylic acids is 2. The number of nitrogens with zero attached hydrogens (tertiary/aromatic N) is 5. The van der Waals surface area contributed by atoms with Gasteiger partial charge in [0.05, 0.1) is 18.9 Å². The van der Waals surface area contributed by atoms with Crippen molar-refractivity contribution in [2.24, 2.45) is 0 Å². The maximum Gasteiger partial charge on any atom is 0.222 e. The number of nitrogens with one attached hydrogen (secondary N) is 1. The molecule has 3 aromatic rings. The predicted molar refractivity (Wildman–Crippen MR) is 145 cm³/mol. The highest BCUT2D eigenvalue weighted by Crippen LogP contribution is 2.27. The van der Waals surface area contributed by atoms with E-state index in [1.54, 1.807) is 6.20 Å². The van der Waals surface area contributed by atoms with Gasteiger partial charge in [0.1, 0.15) is 6.61 Å². The predicted octanol–water partition coefficient (Wildman–Crippen LogP) is 3.05. The summed E-state index contributed by atoms with van der Waals surface area (Å²) in [5.41, 5.74) is 4.62. The van der Waals surface area contributed by atoms with Crippen LogP contribution in [0.15, 0.2) is 48.9 Å². The number of aliphatic hydroxyl groups is 1. The van der Waals surface area contributed by atoms with E-state index in [1.807, 2.05) is 33.8 Å². The van der Waals surface area contributed by atoms with Gasteiger partial charge in [-0.1, -0.05) is 6.08 Å². The summed E-state index contributed by atoms with van der Waals surface area (Å²) >= 11 is 0. The summed E-state index contributed by atoms with van der Waals surface area (Å²) in [6, 6.07) is 8.31. The number of benzene rings is 1. The average molecular weight is 519 g/mol. The molecule has 2 N–H and O–H groups in total. The number of Topliss-reactive ketones (excluding diaryl/α,β-unsaturated/α-hetero) is 1. The number of imidazole rings is 1. The molecule has 0 unspecified atom stereocenters. The highest BCUT2D eigenvalue weighted by Gasteiger charge is 2.21. The highest BCUT2D eigenvalue weighted by atomic mass is 16.5. The van der Waals surface area contributed by atoms with E-state index in [4.69, 9.17) is 14.8 Å². The largest absolute Gasteiger partial charge is 0.389 e. The molecule has 1 aromatic carbocycles. The number of fused-ring (bicyclic) bond motifs is 1. The van der Waals surface area contributed by atoms with E-state index in [0.717, 1.165) is 55.3 Å². The molecule has 4 heterocycles. The van der Waals surface area contributed by atoms with Crippen molar-refractivity contribution in [3.8, 4) is 0 Å². The first-order chi connectivity index (χ1) is 18.6. The Morgan fingerprint density at radius 1 is 1.05 bits per heavy atom. The number of aromatic nitrogens is 3. The normalized spacial score (nSPS) is 16.0. The lowest BCUT2D eigenvalue weighted by atomic mass is 10.1. The summed E-state index contributed by atoms with van der Waals surface area (Å²) in [5.74, 6) is 0.554. The molecule has 1 amide bonds. The lowest BCUT2D eigenvalue weighted by Gasteiger charge is -2.29. The van der Waals surface area contributed by atoms with Gasteiger partial charge >= 0.3 is 0 Å². The summed E-state index contributed by atoms with van der Waals surface area (Å²) < 4.78 is 7.41. The molecule has 1 fully saturated rings. The second-order valence-corrected chi connectivity index (χ2v) is 9.64. The topological polar surface area (TPSA) is 112 Å². The molecule has 10 nitrogen and oxygen atoms in total. The molecule has 0 bridgehead atoms. The van der Waals surface area contributed by atoms with Crippen LogP contribution in [0.25, 0.3) is 11.2 Å². The molecule has 0 atom stereocenters. The van der Waals surface area contributed by atoms with Crippen LogP contribution in [-0.4, -0.2) is 82.1 Å². The van der Waals surface area contributed by atoms with E-state index in [1.165, 1.54) is 5.69 Å². The maximum absolute atomic E-state index is 12.8. The van der Waals surface area contributed by atoms with Crippen molar-refractivity contribution in [3.05, 3.63) is 54.6 Å². The van der Waals surface area contributed by atoms with Gasteiger partial charge in [-0.3, -0.25) is 9.59 Å². The zero-order valence-corrected chi connectivity index (χ0v) is 21.5. The van der Waals surface area contributed by atoms with Crippen molar-refractivity contribution < 1.29 is 19.4 Å². The third kappa shape index (κ3) is 6.20. The quantitative estimate of drug-likeness (QED) is 0.394. The van der Waals surface area contributed by atoms with Gasteiger partial charge in [0.15, 0.2) is 17.2 Å². The van der Waals surface area contributed by atoms with Gasteiger partial charge in [0.2, 0.25) is 5.91 Å². The fourth-order valence-electron chi connectivity index (χ4n) is 4.86. The van der Waals surface area contributed by atoms with E-state index < -0.39 is 6.61 Å². The van der Waals surface area contributed by atoms with Crippen molar-refractivity contribution in [2.75, 3.05) is 56.2 Å². The number of hydrogen-bond donors (Lipinski definition) is 2. The van der Waals surface area contributed by atoms with Crippen LogP contribution in [-0.2, 0) is 14.3 Å². The Bertz CT molecular complexity index is 1300. The van der Waals surface area contributed by atoms with Crippen molar-refractivity contribution in [1.29, 1.82) is 0 Å². The molecule has 0 spiro atoms. The Labute approximate surface area is 221 Å². The van der Waals surface area contributed by atoms with Crippen LogP contribution in [0.4, 0.5) is 17.2 Å². The molecule has 2 aromatic heterocycles. The molecule has 38 heavy (non-hydrogen) atoms. The molecule has 2 aliphatic rings. The molecule has 0 radical (unpaired) electrons. The number of anilines is 3. The van der Waals surface area contributed by atoms with E-state index >= 15 is 0 Å². The van der Waals surface area contributed by atoms with Gasteiger partial charge < -0.3 is 29.4 Å². The first-order valence-corrected chi connectivity index (χ1v) is 13.2. The molecule has 1 saturated heterocycles. The summed E-state index contributed by atoms with van der Waals surface area (Å²) in [5, 5.41) is 12.3. The maximum atomic E-state index is 12.8. The number of hydrogen-bond acceptors (Lipinski definition) is 8. The summed E-state index contributed by atoms with van der Waals surface area (Å²) in [6.45, 7) is 4.02. The van der Waals surface area contributed by atoms with Gasteiger partial charge in [-0.25, -0.2) is 9.97 Å². The minimum atomic E-state index is -0.431. The second kappa shape index (κ2) is 12.2. The SMILES string of the molecule is O=C(CO)CCCCC(=O)N1CCC=C(c2cn3ccnc3c(Nc3ccc(N4CCOCC4)cc3)n2)C1. The van der Waals surface area contributed by atoms with Crippen LogP contribution < -0.4 is 10.2 Å². The fraction of sp³-hybridized carbons (Fsp3) is 0.429. The van der Waals surface area contributed by atoms with Crippen LogP contribution in [0.2, 0.25) is 0 Å². The van der Waals surface area contributed by atoms with Crippen molar-refractivity contribution >= 4 is 40.1 Å². The lowest BCUT2D eigenvalue weighted by Crippen LogP contribution is -2.36. The number of ether oxygens (including phenoxy) is 1. The van der Waals surface area contributed by atoms with Gasteiger partial charge in [0.25, 0.3) is 0 Å². The van der Waals surface area contributed by atoms with Crippen LogP contribution in [0.3, 0.4) is 0 Å². The van der Waals surface area contributed by atoms with E-state index in [9.17, 15) is 9.59 Å². The zero-order chi connectivity index (χ0) is 26.3. The number of unbranched alkanes of at least 4 members (excludes halogenated alkanes) is 1. The smallest absolute Gasteiger partial charge is 0.222 e. The van der Waals surface area contributed by atoms with Crippen LogP contribution in [0, 0.1) is 0 Å². The van der Waals surface area contributed by atoms with E-state index in [-0.39, 0.29) is 11.7 Å². The average Bonchev–Trinajstić information content (AvgIpc) is 3.45. The van der Waals surface area contributed by atoms with Gasteiger partial charge in [-0.05, 0) is 49.1 Å². The molecular formula is C28H34N6O4. The minimum absolute atomic E-state index is 0.0782. The van der Waals surface area contributed by atoms with E-state index in [2.05, 4.69) is 33.4 Å². The molecule has 0 saturated carbocycles. The number of amides is 1. The first-order valence-electron chi connectivity index (χ1n) is 13.2. The fourth-order valence-corrected chi connectivity index (χ4v) is 4.86. The number of aliphatic hydroxyl groups excluding tert-OH is 1.